The lowest BCUT2D eigenvalue weighted by molar-refractivity contribution is 0.0130. The highest BCUT2D eigenvalue weighted by Gasteiger charge is 2.29. The highest BCUT2D eigenvalue weighted by molar-refractivity contribution is 5.79. The summed E-state index contributed by atoms with van der Waals surface area (Å²) in [5.41, 5.74) is 11.0. The van der Waals surface area contributed by atoms with Crippen molar-refractivity contribution in [1.82, 2.24) is 5.32 Å². The zero-order valence-corrected chi connectivity index (χ0v) is 18.1. The fraction of sp³-hybridized carbons (Fsp3) is 0.269. The van der Waals surface area contributed by atoms with Gasteiger partial charge in [0.1, 0.15) is 18.5 Å². The molecule has 0 fully saturated rings. The number of halogens is 1. The third kappa shape index (κ3) is 4.90. The van der Waals surface area contributed by atoms with Gasteiger partial charge in [-0.15, -0.1) is 0 Å². The first-order chi connectivity index (χ1) is 16.0. The second-order valence-electron chi connectivity index (χ2n) is 8.10. The lowest BCUT2D eigenvalue weighted by Gasteiger charge is -2.21. The molecule has 4 rings (SSSR count). The Labute approximate surface area is 191 Å². The van der Waals surface area contributed by atoms with Crippen LogP contribution in [0.15, 0.2) is 66.7 Å². The summed E-state index contributed by atoms with van der Waals surface area (Å²) in [5, 5.41) is 23.3. The van der Waals surface area contributed by atoms with E-state index >= 15 is 0 Å². The SMILES string of the molecule is NCc1ccc(F)cc1C(O)C(O)CCNC(=O)OCC1c2ccccc2-c2ccccc21. The van der Waals surface area contributed by atoms with Crippen molar-refractivity contribution in [2.45, 2.75) is 31.1 Å². The van der Waals surface area contributed by atoms with Crippen molar-refractivity contribution in [2.24, 2.45) is 5.73 Å². The molecule has 3 aromatic rings. The van der Waals surface area contributed by atoms with Gasteiger partial charge in [-0.3, -0.25) is 0 Å². The lowest BCUT2D eigenvalue weighted by atomic mass is 9.97. The van der Waals surface area contributed by atoms with E-state index in [0.29, 0.717) is 5.56 Å². The van der Waals surface area contributed by atoms with Crippen LogP contribution in [0, 0.1) is 5.82 Å². The minimum absolute atomic E-state index is 0.0433. The highest BCUT2D eigenvalue weighted by Crippen LogP contribution is 2.44. The van der Waals surface area contributed by atoms with Crippen LogP contribution in [-0.2, 0) is 11.3 Å². The van der Waals surface area contributed by atoms with Gasteiger partial charge in [0.25, 0.3) is 0 Å². The van der Waals surface area contributed by atoms with Crippen molar-refractivity contribution in [2.75, 3.05) is 13.2 Å². The van der Waals surface area contributed by atoms with Gasteiger partial charge in [0.2, 0.25) is 0 Å². The maximum atomic E-state index is 13.6. The quantitative estimate of drug-likeness (QED) is 0.420. The van der Waals surface area contributed by atoms with Crippen molar-refractivity contribution < 1.29 is 24.1 Å². The molecule has 6 nitrogen and oxygen atoms in total. The smallest absolute Gasteiger partial charge is 0.407 e. The molecule has 0 aromatic heterocycles. The fourth-order valence-electron chi connectivity index (χ4n) is 4.36. The zero-order chi connectivity index (χ0) is 23.4. The van der Waals surface area contributed by atoms with Crippen molar-refractivity contribution in [3.8, 4) is 11.1 Å². The Morgan fingerprint density at radius 1 is 1.03 bits per heavy atom. The van der Waals surface area contributed by atoms with Gasteiger partial charge in [0.05, 0.1) is 6.10 Å². The molecular formula is C26H27FN2O4. The lowest BCUT2D eigenvalue weighted by Crippen LogP contribution is -2.31. The Morgan fingerprint density at radius 2 is 1.67 bits per heavy atom. The van der Waals surface area contributed by atoms with Crippen molar-refractivity contribution in [3.05, 3.63) is 94.8 Å². The number of aliphatic hydroxyl groups excluding tert-OH is 2. The molecule has 33 heavy (non-hydrogen) atoms. The number of ether oxygens (including phenoxy) is 1. The number of amides is 1. The number of carbonyl (C=O) groups excluding carboxylic acids is 1. The molecule has 0 spiro atoms. The summed E-state index contributed by atoms with van der Waals surface area (Å²) < 4.78 is 19.0. The van der Waals surface area contributed by atoms with Gasteiger partial charge in [-0.1, -0.05) is 54.6 Å². The molecule has 0 bridgehead atoms. The third-order valence-corrected chi connectivity index (χ3v) is 6.06. The van der Waals surface area contributed by atoms with E-state index in [1.54, 1.807) is 0 Å². The van der Waals surface area contributed by atoms with Gasteiger partial charge in [-0.05, 0) is 51.9 Å². The average molecular weight is 451 g/mol. The summed E-state index contributed by atoms with van der Waals surface area (Å²) in [6, 6.07) is 20.0. The van der Waals surface area contributed by atoms with Crippen LogP contribution in [-0.4, -0.2) is 35.6 Å². The van der Waals surface area contributed by atoms with Gasteiger partial charge in [0, 0.05) is 19.0 Å². The summed E-state index contributed by atoms with van der Waals surface area (Å²) in [6.45, 7) is 0.383. The third-order valence-electron chi connectivity index (χ3n) is 6.06. The monoisotopic (exact) mass is 450 g/mol. The number of aliphatic hydroxyl groups is 2. The maximum Gasteiger partial charge on any atom is 0.407 e. The summed E-state index contributed by atoms with van der Waals surface area (Å²) in [4.78, 5) is 12.2. The standard InChI is InChI=1S/C26H27FN2O4/c27-17-10-9-16(14-28)22(13-17)25(31)24(30)11-12-29-26(32)33-15-23-20-7-3-1-5-18(20)19-6-2-4-8-21(19)23/h1-10,13,23-25,30-31H,11-12,14-15,28H2,(H,29,32). The molecule has 1 aliphatic rings. The van der Waals surface area contributed by atoms with Crippen molar-refractivity contribution in [3.63, 3.8) is 0 Å². The Morgan fingerprint density at radius 3 is 2.30 bits per heavy atom. The van der Waals surface area contributed by atoms with Gasteiger partial charge >= 0.3 is 6.09 Å². The molecule has 0 aliphatic heterocycles. The summed E-state index contributed by atoms with van der Waals surface area (Å²) in [7, 11) is 0. The second-order valence-corrected chi connectivity index (χ2v) is 8.10. The summed E-state index contributed by atoms with van der Waals surface area (Å²) >= 11 is 0. The van der Waals surface area contributed by atoms with Gasteiger partial charge in [-0.25, -0.2) is 9.18 Å². The number of rotatable bonds is 8. The van der Waals surface area contributed by atoms with Gasteiger partial charge in [0.15, 0.2) is 0 Å². The number of fused-ring (bicyclic) bond motifs is 3. The normalized spacial score (nSPS) is 14.3. The number of nitrogens with one attached hydrogen (secondary N) is 1. The molecule has 1 amide bonds. The van der Waals surface area contributed by atoms with Crippen LogP contribution < -0.4 is 11.1 Å². The second kappa shape index (κ2) is 10.1. The zero-order valence-electron chi connectivity index (χ0n) is 18.1. The predicted molar refractivity (Wildman–Crippen MR) is 123 cm³/mol. The van der Waals surface area contributed by atoms with Gasteiger partial charge < -0.3 is 26.0 Å². The van der Waals surface area contributed by atoms with E-state index in [-0.39, 0.29) is 37.6 Å². The van der Waals surface area contributed by atoms with Crippen LogP contribution >= 0.6 is 0 Å². The molecule has 0 radical (unpaired) electrons. The molecule has 0 heterocycles. The number of carbonyl (C=O) groups is 1. The predicted octanol–water partition coefficient (Wildman–Crippen LogP) is 3.61. The van der Waals surface area contributed by atoms with Crippen LogP contribution in [0.1, 0.15) is 40.7 Å². The molecule has 0 saturated carbocycles. The Hall–Kier alpha value is -3.26. The molecule has 2 unspecified atom stereocenters. The topological polar surface area (TPSA) is 105 Å². The average Bonchev–Trinajstić information content (AvgIpc) is 3.16. The maximum absolute atomic E-state index is 13.6. The molecule has 7 heteroatoms. The van der Waals surface area contributed by atoms with Crippen molar-refractivity contribution >= 4 is 6.09 Å². The highest BCUT2D eigenvalue weighted by atomic mass is 19.1. The van der Waals surface area contributed by atoms with E-state index in [1.165, 1.54) is 12.1 Å². The van der Waals surface area contributed by atoms with Crippen LogP contribution in [0.3, 0.4) is 0 Å². The minimum Gasteiger partial charge on any atom is -0.449 e. The number of alkyl carbamates (subject to hydrolysis) is 1. The Bertz CT molecular complexity index is 1090. The fourth-order valence-corrected chi connectivity index (χ4v) is 4.36. The van der Waals surface area contributed by atoms with E-state index in [2.05, 4.69) is 17.4 Å². The molecule has 172 valence electrons. The van der Waals surface area contributed by atoms with Gasteiger partial charge in [-0.2, -0.15) is 0 Å². The number of benzene rings is 3. The molecule has 1 aliphatic carbocycles. The largest absolute Gasteiger partial charge is 0.449 e. The Kier molecular flexibility index (Phi) is 7.03. The van der Waals surface area contributed by atoms with E-state index < -0.39 is 24.1 Å². The summed E-state index contributed by atoms with van der Waals surface area (Å²) in [5.74, 6) is -0.566. The van der Waals surface area contributed by atoms with E-state index in [4.69, 9.17) is 10.5 Å². The summed E-state index contributed by atoms with van der Waals surface area (Å²) in [6.07, 6.45) is -3.06. The van der Waals surface area contributed by atoms with Crippen LogP contribution in [0.4, 0.5) is 9.18 Å². The van der Waals surface area contributed by atoms with Crippen LogP contribution in [0.5, 0.6) is 0 Å². The van der Waals surface area contributed by atoms with Crippen LogP contribution in [0.25, 0.3) is 11.1 Å². The number of hydrogen-bond donors (Lipinski definition) is 4. The van der Waals surface area contributed by atoms with E-state index in [9.17, 15) is 19.4 Å². The van der Waals surface area contributed by atoms with E-state index in [1.807, 2.05) is 36.4 Å². The molecular weight excluding hydrogens is 423 g/mol. The first kappa shape index (κ1) is 22.9. The molecule has 2 atom stereocenters. The van der Waals surface area contributed by atoms with Crippen molar-refractivity contribution in [1.29, 1.82) is 0 Å². The van der Waals surface area contributed by atoms with Crippen LogP contribution in [0.2, 0.25) is 0 Å². The first-order valence-corrected chi connectivity index (χ1v) is 10.9. The molecule has 5 N–H and O–H groups in total. The number of hydrogen-bond acceptors (Lipinski definition) is 5. The first-order valence-electron chi connectivity index (χ1n) is 10.9. The minimum atomic E-state index is -1.32. The number of nitrogens with two attached hydrogens (primary N) is 1. The molecule has 0 saturated heterocycles. The van der Waals surface area contributed by atoms with E-state index in [0.717, 1.165) is 28.3 Å². The Balaban J connectivity index is 1.30. The molecule has 3 aromatic carbocycles.